The fourth-order valence-corrected chi connectivity index (χ4v) is 5.17. The lowest BCUT2D eigenvalue weighted by atomic mass is 10.0. The van der Waals surface area contributed by atoms with Gasteiger partial charge < -0.3 is 9.80 Å². The summed E-state index contributed by atoms with van der Waals surface area (Å²) >= 11 is 1.98. The second-order valence-corrected chi connectivity index (χ2v) is 8.43. The molecule has 0 bridgehead atoms. The molecule has 1 aromatic carbocycles. The zero-order valence-electron chi connectivity index (χ0n) is 15.7. The maximum absolute atomic E-state index is 12.1. The second-order valence-electron chi connectivity index (χ2n) is 7.28. The molecule has 0 N–H and O–H groups in total. The molecule has 0 saturated carbocycles. The Bertz CT molecular complexity index is 859. The maximum atomic E-state index is 12.1. The van der Waals surface area contributed by atoms with Crippen molar-refractivity contribution in [2.24, 2.45) is 0 Å². The standard InChI is InChI=1S/C20H24N4O2S/c1-14-10-22(13-25)20-8-16(5-6-19(20)24(14)15(2)26)17-9-21-23(11-17)18-4-3-7-27-12-18/h5-6,8-9,11,13-14,18H,3-4,7,10,12H2,1-2H3. The lowest BCUT2D eigenvalue weighted by molar-refractivity contribution is -0.117. The van der Waals surface area contributed by atoms with E-state index in [2.05, 4.69) is 16.0 Å². The molecule has 0 aliphatic carbocycles. The minimum Gasteiger partial charge on any atom is -0.311 e. The van der Waals surface area contributed by atoms with Crippen LogP contribution >= 0.6 is 11.8 Å². The number of amides is 2. The van der Waals surface area contributed by atoms with Crippen molar-refractivity contribution < 1.29 is 9.59 Å². The highest BCUT2D eigenvalue weighted by atomic mass is 32.2. The van der Waals surface area contributed by atoms with Crippen LogP contribution in [-0.4, -0.2) is 46.2 Å². The molecule has 3 heterocycles. The van der Waals surface area contributed by atoms with E-state index >= 15 is 0 Å². The first-order valence-electron chi connectivity index (χ1n) is 9.36. The zero-order valence-corrected chi connectivity index (χ0v) is 16.5. The molecule has 1 fully saturated rings. The summed E-state index contributed by atoms with van der Waals surface area (Å²) < 4.78 is 2.07. The summed E-state index contributed by atoms with van der Waals surface area (Å²) in [5.74, 6) is 2.34. The third kappa shape index (κ3) is 3.36. The summed E-state index contributed by atoms with van der Waals surface area (Å²) in [6, 6.07) is 6.34. The van der Waals surface area contributed by atoms with Crippen LogP contribution in [0.1, 0.15) is 32.7 Å². The summed E-state index contributed by atoms with van der Waals surface area (Å²) in [5, 5.41) is 4.58. The topological polar surface area (TPSA) is 58.4 Å². The molecule has 7 heteroatoms. The Balaban J connectivity index is 1.69. The lowest BCUT2D eigenvalue weighted by Crippen LogP contribution is -2.49. The quantitative estimate of drug-likeness (QED) is 0.762. The van der Waals surface area contributed by atoms with Crippen LogP contribution in [0, 0.1) is 0 Å². The molecule has 2 aliphatic rings. The van der Waals surface area contributed by atoms with E-state index in [0.717, 1.165) is 34.7 Å². The van der Waals surface area contributed by atoms with E-state index in [1.165, 1.54) is 18.6 Å². The number of carbonyl (C=O) groups excluding carboxylic acids is 2. The summed E-state index contributed by atoms with van der Waals surface area (Å²) in [4.78, 5) is 27.2. The van der Waals surface area contributed by atoms with Gasteiger partial charge in [-0.1, -0.05) is 6.07 Å². The number of thioether (sulfide) groups is 1. The highest BCUT2D eigenvalue weighted by Crippen LogP contribution is 2.38. The Hall–Kier alpha value is -2.28. The number of aromatic nitrogens is 2. The smallest absolute Gasteiger partial charge is 0.224 e. The summed E-state index contributed by atoms with van der Waals surface area (Å²) in [6.45, 7) is 4.02. The molecule has 2 unspecified atom stereocenters. The molecule has 142 valence electrons. The normalized spacial score (nSPS) is 22.4. The first kappa shape index (κ1) is 18.1. The number of hydrogen-bond acceptors (Lipinski definition) is 4. The number of rotatable bonds is 3. The Morgan fingerprint density at radius 2 is 2.15 bits per heavy atom. The Morgan fingerprint density at radius 3 is 2.85 bits per heavy atom. The SMILES string of the molecule is CC(=O)N1c2ccc(-c3cnn(C4CCCSC4)c3)cc2N(C=O)CC1C. The molecular formula is C20H24N4O2S. The first-order valence-corrected chi connectivity index (χ1v) is 10.5. The van der Waals surface area contributed by atoms with Crippen molar-refractivity contribution >= 4 is 35.5 Å². The van der Waals surface area contributed by atoms with Crippen LogP contribution in [0.25, 0.3) is 11.1 Å². The van der Waals surface area contributed by atoms with Gasteiger partial charge in [-0.3, -0.25) is 14.3 Å². The van der Waals surface area contributed by atoms with Crippen molar-refractivity contribution in [1.82, 2.24) is 9.78 Å². The van der Waals surface area contributed by atoms with Gasteiger partial charge in [0.2, 0.25) is 12.3 Å². The van der Waals surface area contributed by atoms with Gasteiger partial charge in [-0.05, 0) is 43.2 Å². The van der Waals surface area contributed by atoms with Gasteiger partial charge in [-0.25, -0.2) is 0 Å². The van der Waals surface area contributed by atoms with E-state index < -0.39 is 0 Å². The van der Waals surface area contributed by atoms with Crippen molar-refractivity contribution in [3.8, 4) is 11.1 Å². The first-order chi connectivity index (χ1) is 13.1. The van der Waals surface area contributed by atoms with Gasteiger partial charge >= 0.3 is 0 Å². The predicted molar refractivity (Wildman–Crippen MR) is 109 cm³/mol. The van der Waals surface area contributed by atoms with Gasteiger partial charge in [0, 0.05) is 31.0 Å². The minimum atomic E-state index is -0.0439. The van der Waals surface area contributed by atoms with Gasteiger partial charge in [0.25, 0.3) is 0 Å². The molecule has 4 rings (SSSR count). The number of fused-ring (bicyclic) bond motifs is 1. The van der Waals surface area contributed by atoms with E-state index in [0.29, 0.717) is 12.6 Å². The fraction of sp³-hybridized carbons (Fsp3) is 0.450. The predicted octanol–water partition coefficient (Wildman–Crippen LogP) is 3.34. The highest BCUT2D eigenvalue weighted by molar-refractivity contribution is 7.99. The molecule has 0 spiro atoms. The van der Waals surface area contributed by atoms with Gasteiger partial charge in [0.05, 0.1) is 29.7 Å². The molecule has 6 nitrogen and oxygen atoms in total. The molecule has 1 saturated heterocycles. The average molecular weight is 385 g/mol. The van der Waals surface area contributed by atoms with Crippen molar-refractivity contribution in [1.29, 1.82) is 0 Å². The molecular weight excluding hydrogens is 360 g/mol. The number of hydrogen-bond donors (Lipinski definition) is 0. The number of nitrogens with zero attached hydrogens (tertiary/aromatic N) is 4. The Kier molecular flexibility index (Phi) is 4.95. The Labute approximate surface area is 163 Å². The third-order valence-corrected chi connectivity index (χ3v) is 6.56. The van der Waals surface area contributed by atoms with Crippen LogP contribution in [0.2, 0.25) is 0 Å². The molecule has 2 aromatic rings. The van der Waals surface area contributed by atoms with Gasteiger partial charge in [-0.15, -0.1) is 0 Å². The number of anilines is 2. The molecule has 2 amide bonds. The lowest BCUT2D eigenvalue weighted by Gasteiger charge is -2.39. The molecule has 0 radical (unpaired) electrons. The van der Waals surface area contributed by atoms with Gasteiger partial charge in [0.1, 0.15) is 0 Å². The van der Waals surface area contributed by atoms with Crippen LogP contribution in [0.5, 0.6) is 0 Å². The van der Waals surface area contributed by atoms with Crippen molar-refractivity contribution in [2.45, 2.75) is 38.8 Å². The van der Waals surface area contributed by atoms with Crippen LogP contribution in [0.4, 0.5) is 11.4 Å². The van der Waals surface area contributed by atoms with Crippen molar-refractivity contribution in [2.75, 3.05) is 27.9 Å². The van der Waals surface area contributed by atoms with Crippen molar-refractivity contribution in [3.05, 3.63) is 30.6 Å². The molecule has 2 atom stereocenters. The zero-order chi connectivity index (χ0) is 19.0. The maximum Gasteiger partial charge on any atom is 0.224 e. The van der Waals surface area contributed by atoms with E-state index in [9.17, 15) is 9.59 Å². The monoisotopic (exact) mass is 384 g/mol. The second kappa shape index (κ2) is 7.38. The molecule has 2 aliphatic heterocycles. The van der Waals surface area contributed by atoms with Crippen LogP contribution in [0.15, 0.2) is 30.6 Å². The third-order valence-electron chi connectivity index (χ3n) is 5.36. The van der Waals surface area contributed by atoms with Crippen LogP contribution < -0.4 is 9.80 Å². The van der Waals surface area contributed by atoms with Crippen LogP contribution in [0.3, 0.4) is 0 Å². The van der Waals surface area contributed by atoms with E-state index in [-0.39, 0.29) is 11.9 Å². The average Bonchev–Trinajstić information content (AvgIpc) is 3.17. The van der Waals surface area contributed by atoms with Gasteiger partial charge in [0.15, 0.2) is 0 Å². The van der Waals surface area contributed by atoms with Crippen LogP contribution in [-0.2, 0) is 9.59 Å². The van der Waals surface area contributed by atoms with E-state index in [1.54, 1.807) is 16.7 Å². The fourth-order valence-electron chi connectivity index (χ4n) is 4.04. The molecule has 1 aromatic heterocycles. The summed E-state index contributed by atoms with van der Waals surface area (Å²) in [6.07, 6.45) is 7.23. The largest absolute Gasteiger partial charge is 0.311 e. The highest BCUT2D eigenvalue weighted by Gasteiger charge is 2.30. The van der Waals surface area contributed by atoms with E-state index in [4.69, 9.17) is 0 Å². The van der Waals surface area contributed by atoms with Gasteiger partial charge in [-0.2, -0.15) is 16.9 Å². The molecule has 27 heavy (non-hydrogen) atoms. The van der Waals surface area contributed by atoms with Crippen molar-refractivity contribution in [3.63, 3.8) is 0 Å². The number of benzene rings is 1. The van der Waals surface area contributed by atoms with E-state index in [1.807, 2.05) is 43.1 Å². The Morgan fingerprint density at radius 1 is 1.30 bits per heavy atom. The summed E-state index contributed by atoms with van der Waals surface area (Å²) in [5.41, 5.74) is 3.60. The number of carbonyl (C=O) groups is 2. The summed E-state index contributed by atoms with van der Waals surface area (Å²) in [7, 11) is 0. The minimum absolute atomic E-state index is 0.00957.